The van der Waals surface area contributed by atoms with Gasteiger partial charge in [0.1, 0.15) is 16.9 Å². The largest absolute Gasteiger partial charge is 0.444 e. The van der Waals surface area contributed by atoms with Gasteiger partial charge in [-0.2, -0.15) is 4.98 Å². The number of ether oxygens (including phenoxy) is 1. The van der Waals surface area contributed by atoms with E-state index in [1.165, 1.54) is 0 Å². The first-order valence-corrected chi connectivity index (χ1v) is 12.0. The predicted octanol–water partition coefficient (Wildman–Crippen LogP) is 4.50. The molecule has 5 rings (SSSR count). The zero-order valence-electron chi connectivity index (χ0n) is 21.1. The summed E-state index contributed by atoms with van der Waals surface area (Å²) in [4.78, 5) is 35.7. The lowest BCUT2D eigenvalue weighted by Gasteiger charge is -2.34. The van der Waals surface area contributed by atoms with Crippen molar-refractivity contribution in [3.8, 4) is 22.8 Å². The van der Waals surface area contributed by atoms with Crippen LogP contribution >= 0.6 is 0 Å². The van der Waals surface area contributed by atoms with E-state index in [4.69, 9.17) is 14.2 Å². The van der Waals surface area contributed by atoms with Crippen LogP contribution in [0, 0.1) is 13.8 Å². The summed E-state index contributed by atoms with van der Waals surface area (Å²) in [6.45, 7) is 10.6. The van der Waals surface area contributed by atoms with Crippen molar-refractivity contribution < 1.29 is 14.1 Å². The first-order valence-electron chi connectivity index (χ1n) is 12.0. The number of hydrogen-bond acceptors (Lipinski definition) is 9. The molecular formula is C25H30N8O3. The number of hydrogen-bond donors (Lipinski definition) is 2. The molecule has 0 saturated carbocycles. The van der Waals surface area contributed by atoms with Gasteiger partial charge in [0, 0.05) is 49.4 Å². The second-order valence-electron chi connectivity index (χ2n) is 10.1. The van der Waals surface area contributed by atoms with E-state index in [2.05, 4.69) is 30.4 Å². The van der Waals surface area contributed by atoms with E-state index in [-0.39, 0.29) is 12.1 Å². The van der Waals surface area contributed by atoms with E-state index in [1.807, 2.05) is 52.2 Å². The fraction of sp³-hybridized carbons (Fsp3) is 0.440. The van der Waals surface area contributed by atoms with Crippen molar-refractivity contribution in [1.29, 1.82) is 0 Å². The van der Waals surface area contributed by atoms with Gasteiger partial charge in [-0.25, -0.2) is 19.7 Å². The van der Waals surface area contributed by atoms with Gasteiger partial charge in [0.15, 0.2) is 0 Å². The monoisotopic (exact) mass is 490 g/mol. The molecule has 1 saturated heterocycles. The van der Waals surface area contributed by atoms with E-state index in [0.29, 0.717) is 42.1 Å². The fourth-order valence-corrected chi connectivity index (χ4v) is 4.28. The molecule has 0 aliphatic carbocycles. The van der Waals surface area contributed by atoms with Crippen LogP contribution in [-0.2, 0) is 4.74 Å². The Kier molecular flexibility index (Phi) is 6.07. The number of carbonyl (C=O) groups excluding carboxylic acids is 1. The molecule has 1 atom stereocenters. The van der Waals surface area contributed by atoms with Crippen molar-refractivity contribution in [2.75, 3.05) is 18.4 Å². The molecule has 4 aromatic rings. The molecular weight excluding hydrogens is 460 g/mol. The quantitative estimate of drug-likeness (QED) is 0.424. The predicted molar refractivity (Wildman–Crippen MR) is 134 cm³/mol. The van der Waals surface area contributed by atoms with Crippen LogP contribution in [-0.4, -0.2) is 65.8 Å². The number of piperidine rings is 1. The third-order valence-corrected chi connectivity index (χ3v) is 5.93. The van der Waals surface area contributed by atoms with Gasteiger partial charge in [0.25, 0.3) is 0 Å². The molecule has 0 spiro atoms. The molecule has 36 heavy (non-hydrogen) atoms. The minimum Gasteiger partial charge on any atom is -0.444 e. The SMILES string of the molecule is Cc1nc(-c2ccc3c(-c4nc(N[C@H]5CCCN(C(=O)OC(C)(C)C)C5)ncc4C)c[nH]c3n2)no1. The zero-order valence-corrected chi connectivity index (χ0v) is 21.1. The molecule has 188 valence electrons. The highest BCUT2D eigenvalue weighted by atomic mass is 16.6. The van der Waals surface area contributed by atoms with Crippen LogP contribution in [0.4, 0.5) is 10.7 Å². The Labute approximate surface area is 208 Å². The number of fused-ring (bicyclic) bond motifs is 1. The maximum absolute atomic E-state index is 12.5. The molecule has 0 unspecified atom stereocenters. The van der Waals surface area contributed by atoms with Gasteiger partial charge in [-0.05, 0) is 58.2 Å². The summed E-state index contributed by atoms with van der Waals surface area (Å²) >= 11 is 0. The van der Waals surface area contributed by atoms with Crippen molar-refractivity contribution in [2.24, 2.45) is 0 Å². The molecule has 0 bridgehead atoms. The Morgan fingerprint density at radius 1 is 1.22 bits per heavy atom. The van der Waals surface area contributed by atoms with Gasteiger partial charge in [-0.15, -0.1) is 0 Å². The van der Waals surface area contributed by atoms with Gasteiger partial charge in [-0.3, -0.25) is 0 Å². The molecule has 1 fully saturated rings. The van der Waals surface area contributed by atoms with Crippen molar-refractivity contribution in [1.82, 2.24) is 35.0 Å². The van der Waals surface area contributed by atoms with E-state index in [9.17, 15) is 4.79 Å². The smallest absolute Gasteiger partial charge is 0.410 e. The van der Waals surface area contributed by atoms with Crippen molar-refractivity contribution in [3.63, 3.8) is 0 Å². The molecule has 11 heteroatoms. The normalized spacial score (nSPS) is 16.4. The van der Waals surface area contributed by atoms with Crippen LogP contribution in [0.15, 0.2) is 29.0 Å². The highest BCUT2D eigenvalue weighted by Crippen LogP contribution is 2.31. The molecule has 4 aromatic heterocycles. The highest BCUT2D eigenvalue weighted by molar-refractivity contribution is 5.94. The van der Waals surface area contributed by atoms with Gasteiger partial charge >= 0.3 is 6.09 Å². The van der Waals surface area contributed by atoms with Crippen molar-refractivity contribution >= 4 is 23.1 Å². The average molecular weight is 491 g/mol. The summed E-state index contributed by atoms with van der Waals surface area (Å²) in [6, 6.07) is 3.88. The molecule has 1 amide bonds. The minimum atomic E-state index is -0.522. The van der Waals surface area contributed by atoms with Crippen LogP contribution in [0.1, 0.15) is 45.1 Å². The summed E-state index contributed by atoms with van der Waals surface area (Å²) in [5, 5.41) is 8.29. The molecule has 2 N–H and O–H groups in total. The third kappa shape index (κ3) is 5.00. The molecule has 5 heterocycles. The topological polar surface area (TPSA) is 135 Å². The second kappa shape index (κ2) is 9.21. The molecule has 11 nitrogen and oxygen atoms in total. The lowest BCUT2D eigenvalue weighted by atomic mass is 10.1. The second-order valence-corrected chi connectivity index (χ2v) is 10.1. The number of nitrogens with zero attached hydrogens (tertiary/aromatic N) is 6. The minimum absolute atomic E-state index is 0.0347. The van der Waals surface area contributed by atoms with Crippen LogP contribution in [0.3, 0.4) is 0 Å². The zero-order chi connectivity index (χ0) is 25.4. The first-order chi connectivity index (χ1) is 17.2. The Balaban J connectivity index is 1.36. The number of H-pyrrole nitrogens is 1. The van der Waals surface area contributed by atoms with Crippen LogP contribution < -0.4 is 5.32 Å². The summed E-state index contributed by atoms with van der Waals surface area (Å²) in [6.07, 6.45) is 5.21. The number of aromatic amines is 1. The van der Waals surface area contributed by atoms with E-state index in [1.54, 1.807) is 11.8 Å². The fourth-order valence-electron chi connectivity index (χ4n) is 4.28. The molecule has 0 aromatic carbocycles. The highest BCUT2D eigenvalue weighted by Gasteiger charge is 2.28. The maximum atomic E-state index is 12.5. The summed E-state index contributed by atoms with van der Waals surface area (Å²) in [5.74, 6) is 1.46. The van der Waals surface area contributed by atoms with Crippen molar-refractivity contribution in [3.05, 3.63) is 36.0 Å². The first kappa shape index (κ1) is 23.7. The maximum Gasteiger partial charge on any atom is 0.410 e. The van der Waals surface area contributed by atoms with Crippen LogP contribution in [0.2, 0.25) is 0 Å². The lowest BCUT2D eigenvalue weighted by molar-refractivity contribution is 0.0206. The van der Waals surface area contributed by atoms with E-state index in [0.717, 1.165) is 35.0 Å². The Morgan fingerprint density at radius 2 is 2.06 bits per heavy atom. The number of carbonyl (C=O) groups is 1. The van der Waals surface area contributed by atoms with Crippen LogP contribution in [0.25, 0.3) is 33.8 Å². The lowest BCUT2D eigenvalue weighted by Crippen LogP contribution is -2.47. The van der Waals surface area contributed by atoms with Gasteiger partial charge in [0.05, 0.1) is 5.69 Å². The number of rotatable bonds is 4. The summed E-state index contributed by atoms with van der Waals surface area (Å²) in [7, 11) is 0. The van der Waals surface area contributed by atoms with Gasteiger partial charge in [0.2, 0.25) is 17.7 Å². The molecule has 1 aliphatic heterocycles. The number of likely N-dealkylation sites (tertiary alicyclic amines) is 1. The molecule has 0 radical (unpaired) electrons. The Bertz CT molecular complexity index is 1400. The number of amides is 1. The number of nitrogens with one attached hydrogen (secondary N) is 2. The number of aryl methyl sites for hydroxylation is 2. The number of pyridine rings is 1. The van der Waals surface area contributed by atoms with E-state index >= 15 is 0 Å². The standard InChI is InChI=1S/C25H30N8O3/c1-14-11-27-23(29-16-7-6-10-33(13-16)24(34)35-25(3,4)5)31-20(14)18-12-26-21-17(18)8-9-19(30-21)22-28-15(2)36-32-22/h8-9,11-12,16H,6-7,10,13H2,1-5H3,(H,26,30)(H,27,29,31)/t16-/m0/s1. The third-order valence-electron chi connectivity index (χ3n) is 5.93. The van der Waals surface area contributed by atoms with Gasteiger partial charge < -0.3 is 24.5 Å². The van der Waals surface area contributed by atoms with Crippen LogP contribution in [0.5, 0.6) is 0 Å². The number of aromatic nitrogens is 6. The Hall–Kier alpha value is -4.02. The molecule has 1 aliphatic rings. The Morgan fingerprint density at radius 3 is 2.81 bits per heavy atom. The summed E-state index contributed by atoms with van der Waals surface area (Å²) in [5.41, 5.74) is 3.49. The van der Waals surface area contributed by atoms with Gasteiger partial charge in [-0.1, -0.05) is 5.16 Å². The summed E-state index contributed by atoms with van der Waals surface area (Å²) < 4.78 is 10.6. The number of anilines is 1. The van der Waals surface area contributed by atoms with E-state index < -0.39 is 5.60 Å². The van der Waals surface area contributed by atoms with Crippen molar-refractivity contribution in [2.45, 2.75) is 59.1 Å². The average Bonchev–Trinajstić information content (AvgIpc) is 3.45.